The van der Waals surface area contributed by atoms with E-state index < -0.39 is 10.0 Å². The Hall–Kier alpha value is -0.890. The second-order valence-electron chi connectivity index (χ2n) is 5.48. The number of hydrogen-bond donors (Lipinski definition) is 1. The average Bonchev–Trinajstić information content (AvgIpc) is 2.87. The Bertz CT molecular complexity index is 545. The minimum absolute atomic E-state index is 0.0112. The summed E-state index contributed by atoms with van der Waals surface area (Å²) < 4.78 is 37.7. The normalized spacial score (nSPS) is 24.3. The Morgan fingerprint density at radius 3 is 2.57 bits per heavy atom. The number of ether oxygens (including phenoxy) is 1. The lowest BCUT2D eigenvalue weighted by molar-refractivity contribution is -0.0443. The molecule has 2 heterocycles. The highest BCUT2D eigenvalue weighted by molar-refractivity contribution is 7.89. The van der Waals surface area contributed by atoms with Gasteiger partial charge in [-0.3, -0.25) is 0 Å². The van der Waals surface area contributed by atoms with E-state index in [1.807, 2.05) is 13.8 Å². The maximum atomic E-state index is 12.6. The predicted octanol–water partition coefficient (Wildman–Crippen LogP) is 1.58. The van der Waals surface area contributed by atoms with Gasteiger partial charge in [0.25, 0.3) is 10.0 Å². The van der Waals surface area contributed by atoms with Gasteiger partial charge in [0.2, 0.25) is 5.09 Å². The van der Waals surface area contributed by atoms with E-state index in [4.69, 9.17) is 9.15 Å². The van der Waals surface area contributed by atoms with Crippen molar-refractivity contribution >= 4 is 10.0 Å². The van der Waals surface area contributed by atoms with Gasteiger partial charge >= 0.3 is 0 Å². The van der Waals surface area contributed by atoms with Crippen LogP contribution in [0.2, 0.25) is 0 Å². The highest BCUT2D eigenvalue weighted by atomic mass is 32.2. The van der Waals surface area contributed by atoms with Gasteiger partial charge in [-0.2, -0.15) is 4.31 Å². The summed E-state index contributed by atoms with van der Waals surface area (Å²) in [6, 6.07) is 3.24. The lowest BCUT2D eigenvalue weighted by atomic mass is 10.3. The third-order valence-corrected chi connectivity index (χ3v) is 5.05. The molecule has 0 radical (unpaired) electrons. The van der Waals surface area contributed by atoms with E-state index >= 15 is 0 Å². The van der Waals surface area contributed by atoms with Crippen molar-refractivity contribution in [3.8, 4) is 0 Å². The van der Waals surface area contributed by atoms with Gasteiger partial charge in [0.15, 0.2) is 0 Å². The summed E-state index contributed by atoms with van der Waals surface area (Å²) in [5.41, 5.74) is 0. The lowest BCUT2D eigenvalue weighted by Crippen LogP contribution is -2.47. The topological polar surface area (TPSA) is 71.8 Å². The van der Waals surface area contributed by atoms with E-state index in [2.05, 4.69) is 12.2 Å². The number of nitrogens with one attached hydrogen (secondary N) is 1. The fourth-order valence-corrected chi connectivity index (χ4v) is 3.95. The molecule has 1 aromatic heterocycles. The number of morpholine rings is 1. The molecule has 2 atom stereocenters. The summed E-state index contributed by atoms with van der Waals surface area (Å²) in [6.07, 6.45) is 0.809. The zero-order valence-corrected chi connectivity index (χ0v) is 13.6. The Kier molecular flexibility index (Phi) is 5.43. The van der Waals surface area contributed by atoms with Crippen LogP contribution in [0, 0.1) is 0 Å². The van der Waals surface area contributed by atoms with Crippen molar-refractivity contribution in [2.75, 3.05) is 19.6 Å². The number of nitrogens with zero attached hydrogens (tertiary/aromatic N) is 1. The fraction of sp³-hybridized carbons (Fsp3) is 0.714. The van der Waals surface area contributed by atoms with Crippen LogP contribution in [0.4, 0.5) is 0 Å². The van der Waals surface area contributed by atoms with Gasteiger partial charge in [0.1, 0.15) is 5.76 Å². The van der Waals surface area contributed by atoms with Crippen LogP contribution >= 0.6 is 0 Å². The molecule has 1 fully saturated rings. The van der Waals surface area contributed by atoms with Crippen LogP contribution in [0.3, 0.4) is 0 Å². The third kappa shape index (κ3) is 4.06. The number of rotatable bonds is 6. The van der Waals surface area contributed by atoms with E-state index in [-0.39, 0.29) is 17.3 Å². The van der Waals surface area contributed by atoms with Crippen LogP contribution in [0.1, 0.15) is 33.0 Å². The first-order chi connectivity index (χ1) is 9.93. The summed E-state index contributed by atoms with van der Waals surface area (Å²) >= 11 is 0. The molecule has 7 heteroatoms. The van der Waals surface area contributed by atoms with Crippen LogP contribution in [-0.2, 0) is 21.3 Å². The van der Waals surface area contributed by atoms with E-state index in [1.165, 1.54) is 10.4 Å². The van der Waals surface area contributed by atoms with E-state index in [0.29, 0.717) is 25.4 Å². The van der Waals surface area contributed by atoms with E-state index in [1.54, 1.807) is 6.07 Å². The van der Waals surface area contributed by atoms with Gasteiger partial charge in [0, 0.05) is 13.1 Å². The van der Waals surface area contributed by atoms with Gasteiger partial charge in [-0.15, -0.1) is 0 Å². The first kappa shape index (κ1) is 16.5. The second-order valence-corrected chi connectivity index (χ2v) is 7.35. The van der Waals surface area contributed by atoms with Crippen molar-refractivity contribution < 1.29 is 17.6 Å². The minimum Gasteiger partial charge on any atom is -0.447 e. The van der Waals surface area contributed by atoms with Crippen molar-refractivity contribution in [2.24, 2.45) is 0 Å². The Morgan fingerprint density at radius 2 is 1.95 bits per heavy atom. The number of hydrogen-bond acceptors (Lipinski definition) is 5. The SMILES string of the molecule is CCCNCc1ccc(S(=O)(=O)N2CC(C)OC(C)C2)o1. The molecule has 1 saturated heterocycles. The highest BCUT2D eigenvalue weighted by Gasteiger charge is 2.34. The summed E-state index contributed by atoms with van der Waals surface area (Å²) in [5, 5.41) is 3.20. The average molecular weight is 316 g/mol. The molecule has 0 spiro atoms. The molecule has 6 nitrogen and oxygen atoms in total. The summed E-state index contributed by atoms with van der Waals surface area (Å²) in [6.45, 7) is 7.96. The summed E-state index contributed by atoms with van der Waals surface area (Å²) in [4.78, 5) is 0. The van der Waals surface area contributed by atoms with Crippen LogP contribution < -0.4 is 5.32 Å². The Morgan fingerprint density at radius 1 is 1.29 bits per heavy atom. The quantitative estimate of drug-likeness (QED) is 0.807. The largest absolute Gasteiger partial charge is 0.447 e. The highest BCUT2D eigenvalue weighted by Crippen LogP contribution is 2.22. The fourth-order valence-electron chi connectivity index (χ4n) is 2.43. The molecule has 2 rings (SSSR count). The van der Waals surface area contributed by atoms with Crippen LogP contribution in [0.25, 0.3) is 0 Å². The van der Waals surface area contributed by atoms with Gasteiger partial charge in [-0.25, -0.2) is 8.42 Å². The molecule has 0 saturated carbocycles. The predicted molar refractivity (Wildman–Crippen MR) is 79.5 cm³/mol. The van der Waals surface area contributed by atoms with Crippen molar-refractivity contribution in [3.05, 3.63) is 17.9 Å². The Labute approximate surface area is 126 Å². The van der Waals surface area contributed by atoms with Crippen molar-refractivity contribution in [1.82, 2.24) is 9.62 Å². The Balaban J connectivity index is 2.08. The first-order valence-corrected chi connectivity index (χ1v) is 8.82. The molecule has 0 amide bonds. The van der Waals surface area contributed by atoms with Crippen LogP contribution in [-0.4, -0.2) is 44.6 Å². The molecule has 21 heavy (non-hydrogen) atoms. The first-order valence-electron chi connectivity index (χ1n) is 7.38. The van der Waals surface area contributed by atoms with E-state index in [0.717, 1.165) is 13.0 Å². The molecule has 0 bridgehead atoms. The van der Waals surface area contributed by atoms with E-state index in [9.17, 15) is 8.42 Å². The van der Waals surface area contributed by atoms with Crippen LogP contribution in [0.5, 0.6) is 0 Å². The summed E-state index contributed by atoms with van der Waals surface area (Å²) in [5.74, 6) is 0.636. The molecular weight excluding hydrogens is 292 g/mol. The second kappa shape index (κ2) is 6.91. The van der Waals surface area contributed by atoms with Crippen molar-refractivity contribution in [2.45, 2.75) is 51.0 Å². The van der Waals surface area contributed by atoms with Gasteiger partial charge in [-0.05, 0) is 38.9 Å². The van der Waals surface area contributed by atoms with Gasteiger partial charge in [0.05, 0.1) is 18.8 Å². The molecule has 1 N–H and O–H groups in total. The monoisotopic (exact) mass is 316 g/mol. The van der Waals surface area contributed by atoms with Gasteiger partial charge in [-0.1, -0.05) is 6.92 Å². The molecule has 1 aromatic rings. The number of furan rings is 1. The maximum Gasteiger partial charge on any atom is 0.276 e. The molecule has 1 aliphatic rings. The zero-order chi connectivity index (χ0) is 15.5. The lowest BCUT2D eigenvalue weighted by Gasteiger charge is -2.33. The van der Waals surface area contributed by atoms with Gasteiger partial charge < -0.3 is 14.5 Å². The third-order valence-electron chi connectivity index (χ3n) is 3.34. The molecular formula is C14H24N2O4S. The molecule has 1 aliphatic heterocycles. The smallest absolute Gasteiger partial charge is 0.276 e. The van der Waals surface area contributed by atoms with Crippen molar-refractivity contribution in [1.29, 1.82) is 0 Å². The zero-order valence-electron chi connectivity index (χ0n) is 12.8. The maximum absolute atomic E-state index is 12.6. The molecule has 2 unspecified atom stereocenters. The van der Waals surface area contributed by atoms with Crippen molar-refractivity contribution in [3.63, 3.8) is 0 Å². The summed E-state index contributed by atoms with van der Waals surface area (Å²) in [7, 11) is -3.58. The molecule has 120 valence electrons. The van der Waals surface area contributed by atoms with Crippen LogP contribution in [0.15, 0.2) is 21.6 Å². The molecule has 0 aromatic carbocycles. The number of sulfonamides is 1. The standard InChI is InChI=1S/C14H24N2O4S/c1-4-7-15-8-13-5-6-14(20-13)21(17,18)16-9-11(2)19-12(3)10-16/h5-6,11-12,15H,4,7-10H2,1-3H3. The minimum atomic E-state index is -3.58. The molecule has 0 aliphatic carbocycles.